The molecule has 2 aromatic rings. The fourth-order valence-corrected chi connectivity index (χ4v) is 4.32. The molecule has 8 heteroatoms. The average molecular weight is 409 g/mol. The minimum atomic E-state index is -0.502. The number of nitrogens with zero attached hydrogens (tertiary/aromatic N) is 2. The van der Waals surface area contributed by atoms with Crippen molar-refractivity contribution in [1.29, 1.82) is 0 Å². The summed E-state index contributed by atoms with van der Waals surface area (Å²) in [6.07, 6.45) is 3.27. The van der Waals surface area contributed by atoms with E-state index in [4.69, 9.17) is 4.74 Å². The highest BCUT2D eigenvalue weighted by atomic mass is 16.6. The Hall–Kier alpha value is -3.42. The largest absolute Gasteiger partial charge is 0.497 e. The van der Waals surface area contributed by atoms with Crippen molar-refractivity contribution < 1.29 is 19.2 Å². The molecule has 1 saturated heterocycles. The van der Waals surface area contributed by atoms with E-state index in [2.05, 4.69) is 5.32 Å². The lowest BCUT2D eigenvalue weighted by atomic mass is 9.81. The number of carbonyl (C=O) groups excluding carboxylic acids is 2. The minimum Gasteiger partial charge on any atom is -0.497 e. The summed E-state index contributed by atoms with van der Waals surface area (Å²) >= 11 is 0. The van der Waals surface area contributed by atoms with E-state index in [-0.39, 0.29) is 35.0 Å². The van der Waals surface area contributed by atoms with Crippen LogP contribution >= 0.6 is 0 Å². The normalized spacial score (nSPS) is 20.8. The number of rotatable bonds is 6. The Bertz CT molecular complexity index is 965. The Labute approximate surface area is 174 Å². The summed E-state index contributed by atoms with van der Waals surface area (Å²) in [6, 6.07) is 11.8. The van der Waals surface area contributed by atoms with Gasteiger partial charge in [0.1, 0.15) is 11.4 Å². The van der Waals surface area contributed by atoms with Crippen molar-refractivity contribution in [3.63, 3.8) is 0 Å². The SMILES string of the molecule is COc1ccc(CNc2ccc(N3C(=O)[C@@H]4CCCC[C@H]4C3=O)cc2[N+](=O)[O-])cc1. The second-order valence-electron chi connectivity index (χ2n) is 7.67. The van der Waals surface area contributed by atoms with Crippen LogP contribution in [0.15, 0.2) is 42.5 Å². The van der Waals surface area contributed by atoms with Crippen molar-refractivity contribution in [3.05, 3.63) is 58.1 Å². The lowest BCUT2D eigenvalue weighted by Crippen LogP contribution is -2.30. The molecule has 0 spiro atoms. The van der Waals surface area contributed by atoms with Gasteiger partial charge in [0.2, 0.25) is 11.8 Å². The van der Waals surface area contributed by atoms with E-state index in [1.54, 1.807) is 19.2 Å². The molecule has 2 fully saturated rings. The molecule has 2 aromatic carbocycles. The Morgan fingerprint density at radius 2 is 1.70 bits per heavy atom. The third-order valence-corrected chi connectivity index (χ3v) is 5.92. The smallest absolute Gasteiger partial charge is 0.294 e. The summed E-state index contributed by atoms with van der Waals surface area (Å²) < 4.78 is 5.13. The molecule has 30 heavy (non-hydrogen) atoms. The molecule has 1 aliphatic heterocycles. The van der Waals surface area contributed by atoms with Crippen LogP contribution in [0.25, 0.3) is 0 Å². The molecule has 4 rings (SSSR count). The molecule has 0 aromatic heterocycles. The Balaban J connectivity index is 1.56. The zero-order chi connectivity index (χ0) is 21.3. The van der Waals surface area contributed by atoms with E-state index >= 15 is 0 Å². The fraction of sp³-hybridized carbons (Fsp3) is 0.364. The van der Waals surface area contributed by atoms with Crippen LogP contribution in [0.3, 0.4) is 0 Å². The third-order valence-electron chi connectivity index (χ3n) is 5.92. The number of hydrogen-bond acceptors (Lipinski definition) is 6. The first-order valence-electron chi connectivity index (χ1n) is 10.0. The van der Waals surface area contributed by atoms with Crippen LogP contribution in [0.1, 0.15) is 31.2 Å². The molecule has 2 aliphatic rings. The summed E-state index contributed by atoms with van der Waals surface area (Å²) in [7, 11) is 1.59. The maximum absolute atomic E-state index is 12.8. The van der Waals surface area contributed by atoms with Crippen molar-refractivity contribution in [2.24, 2.45) is 11.8 Å². The van der Waals surface area contributed by atoms with Crippen LogP contribution < -0.4 is 15.0 Å². The predicted octanol–water partition coefficient (Wildman–Crippen LogP) is 3.90. The van der Waals surface area contributed by atoms with Gasteiger partial charge in [0, 0.05) is 12.6 Å². The minimum absolute atomic E-state index is 0.170. The van der Waals surface area contributed by atoms with Gasteiger partial charge in [0.05, 0.1) is 29.6 Å². The standard InChI is InChI=1S/C22H23N3O5/c1-30-16-9-6-14(7-10-16)13-23-19-11-8-15(12-20(19)25(28)29)24-21(26)17-4-2-3-5-18(17)22(24)27/h6-12,17-18,23H,2-5,13H2,1H3/t17-,18-/m1/s1. The number of anilines is 2. The number of nitro groups is 1. The number of hydrogen-bond donors (Lipinski definition) is 1. The molecule has 2 atom stereocenters. The van der Waals surface area contributed by atoms with Gasteiger partial charge >= 0.3 is 0 Å². The monoisotopic (exact) mass is 409 g/mol. The predicted molar refractivity (Wildman–Crippen MR) is 111 cm³/mol. The number of methoxy groups -OCH3 is 1. The van der Waals surface area contributed by atoms with Crippen LogP contribution in [-0.2, 0) is 16.1 Å². The molecule has 1 N–H and O–H groups in total. The number of fused-ring (bicyclic) bond motifs is 1. The Kier molecular flexibility index (Phi) is 5.39. The number of nitrogens with one attached hydrogen (secondary N) is 1. The molecule has 8 nitrogen and oxygen atoms in total. The van der Waals surface area contributed by atoms with Gasteiger partial charge in [0.25, 0.3) is 5.69 Å². The molecule has 2 amide bonds. The maximum Gasteiger partial charge on any atom is 0.294 e. The number of nitro benzene ring substituents is 1. The first-order valence-corrected chi connectivity index (χ1v) is 10.0. The topological polar surface area (TPSA) is 102 Å². The van der Waals surface area contributed by atoms with E-state index < -0.39 is 4.92 Å². The average Bonchev–Trinajstić information content (AvgIpc) is 3.03. The zero-order valence-corrected chi connectivity index (χ0v) is 16.7. The van der Waals surface area contributed by atoms with Crippen molar-refractivity contribution in [3.8, 4) is 5.75 Å². The van der Waals surface area contributed by atoms with E-state index in [1.165, 1.54) is 6.07 Å². The van der Waals surface area contributed by atoms with Crippen molar-refractivity contribution in [1.82, 2.24) is 0 Å². The summed E-state index contributed by atoms with van der Waals surface area (Å²) in [5, 5.41) is 14.7. The second-order valence-corrected chi connectivity index (χ2v) is 7.67. The molecule has 1 saturated carbocycles. The lowest BCUT2D eigenvalue weighted by Gasteiger charge is -2.19. The first-order chi connectivity index (χ1) is 14.5. The van der Waals surface area contributed by atoms with E-state index in [9.17, 15) is 19.7 Å². The van der Waals surface area contributed by atoms with Gasteiger partial charge in [-0.25, -0.2) is 4.90 Å². The van der Waals surface area contributed by atoms with Crippen LogP contribution in [0.2, 0.25) is 0 Å². The summed E-state index contributed by atoms with van der Waals surface area (Å²) in [6.45, 7) is 0.385. The second kappa shape index (κ2) is 8.14. The van der Waals surface area contributed by atoms with Crippen LogP contribution in [0, 0.1) is 22.0 Å². The van der Waals surface area contributed by atoms with Gasteiger partial charge in [0.15, 0.2) is 0 Å². The number of imide groups is 1. The van der Waals surface area contributed by atoms with Crippen LogP contribution in [0.4, 0.5) is 17.1 Å². The summed E-state index contributed by atoms with van der Waals surface area (Å²) in [5.41, 5.74) is 1.36. The zero-order valence-electron chi connectivity index (χ0n) is 16.7. The van der Waals surface area contributed by atoms with Crippen molar-refractivity contribution in [2.45, 2.75) is 32.2 Å². The number of ether oxygens (including phenoxy) is 1. The molecule has 0 radical (unpaired) electrons. The van der Waals surface area contributed by atoms with Crippen LogP contribution in [0.5, 0.6) is 5.75 Å². The van der Waals surface area contributed by atoms with E-state index in [1.807, 2.05) is 24.3 Å². The van der Waals surface area contributed by atoms with Gasteiger partial charge in [-0.2, -0.15) is 0 Å². The maximum atomic E-state index is 12.8. The highest BCUT2D eigenvalue weighted by molar-refractivity contribution is 6.22. The number of carbonyl (C=O) groups is 2. The molecule has 1 aliphatic carbocycles. The number of benzene rings is 2. The van der Waals surface area contributed by atoms with Crippen molar-refractivity contribution in [2.75, 3.05) is 17.3 Å². The number of amides is 2. The van der Waals surface area contributed by atoms with E-state index in [0.717, 1.165) is 29.1 Å². The lowest BCUT2D eigenvalue weighted by molar-refractivity contribution is -0.383. The first kappa shape index (κ1) is 19.9. The van der Waals surface area contributed by atoms with Gasteiger partial charge < -0.3 is 10.1 Å². The molecular formula is C22H23N3O5. The van der Waals surface area contributed by atoms with Gasteiger partial charge in [-0.15, -0.1) is 0 Å². The highest BCUT2D eigenvalue weighted by Crippen LogP contribution is 2.41. The summed E-state index contributed by atoms with van der Waals surface area (Å²) in [4.78, 5) is 37.9. The quantitative estimate of drug-likeness (QED) is 0.441. The van der Waals surface area contributed by atoms with Gasteiger partial charge in [-0.3, -0.25) is 19.7 Å². The molecule has 1 heterocycles. The Morgan fingerprint density at radius 1 is 1.07 bits per heavy atom. The third kappa shape index (κ3) is 3.60. The fourth-order valence-electron chi connectivity index (χ4n) is 4.32. The molecule has 0 bridgehead atoms. The molecule has 156 valence electrons. The molecular weight excluding hydrogens is 386 g/mol. The van der Waals surface area contributed by atoms with Crippen molar-refractivity contribution >= 4 is 28.9 Å². The Morgan fingerprint density at radius 3 is 2.27 bits per heavy atom. The van der Waals surface area contributed by atoms with E-state index in [0.29, 0.717) is 25.1 Å². The van der Waals surface area contributed by atoms with Gasteiger partial charge in [-0.05, 0) is 42.7 Å². The van der Waals surface area contributed by atoms with Gasteiger partial charge in [-0.1, -0.05) is 25.0 Å². The molecule has 0 unspecified atom stereocenters. The summed E-state index contributed by atoms with van der Waals surface area (Å²) in [5.74, 6) is -0.332. The highest BCUT2D eigenvalue weighted by Gasteiger charge is 2.49. The van der Waals surface area contributed by atoms with Crippen LogP contribution in [-0.4, -0.2) is 23.8 Å².